The van der Waals surface area contributed by atoms with E-state index in [2.05, 4.69) is 83.7 Å². The molecule has 3 unspecified atom stereocenters. The fraction of sp³-hybridized carbons (Fsp3) is 0.333. The second-order valence-electron chi connectivity index (χ2n) is 5.66. The zero-order valence-corrected chi connectivity index (χ0v) is 13.5. The van der Waals surface area contributed by atoms with Crippen LogP contribution >= 0.6 is 15.9 Å². The summed E-state index contributed by atoms with van der Waals surface area (Å²) in [6, 6.07) is 17.8. The smallest absolute Gasteiger partial charge is 0.0363 e. The van der Waals surface area contributed by atoms with Crippen molar-refractivity contribution in [3.8, 4) is 0 Å². The van der Waals surface area contributed by atoms with Crippen molar-refractivity contribution in [1.29, 1.82) is 0 Å². The van der Waals surface area contributed by atoms with E-state index in [1.807, 2.05) is 0 Å². The highest BCUT2D eigenvalue weighted by atomic mass is 79.9. The first-order chi connectivity index (χ1) is 9.72. The number of benzene rings is 2. The van der Waals surface area contributed by atoms with E-state index in [4.69, 9.17) is 0 Å². The third kappa shape index (κ3) is 2.55. The molecule has 0 spiro atoms. The standard InChI is InChI=1S/C18H20BrN/c1-12-7-6-10-14(17(12)19)18(20-2)16-11-15(16)13-8-4-3-5-9-13/h3-10,15-16,18,20H,11H2,1-2H3. The van der Waals surface area contributed by atoms with Crippen LogP contribution in [-0.2, 0) is 0 Å². The first-order valence-electron chi connectivity index (χ1n) is 7.19. The van der Waals surface area contributed by atoms with Crippen molar-refractivity contribution in [1.82, 2.24) is 5.32 Å². The fourth-order valence-electron chi connectivity index (χ4n) is 3.18. The van der Waals surface area contributed by atoms with E-state index in [1.54, 1.807) is 0 Å². The summed E-state index contributed by atoms with van der Waals surface area (Å²) in [4.78, 5) is 0. The molecule has 2 aromatic carbocycles. The molecular weight excluding hydrogens is 310 g/mol. The van der Waals surface area contributed by atoms with Gasteiger partial charge in [-0.05, 0) is 48.9 Å². The summed E-state index contributed by atoms with van der Waals surface area (Å²) >= 11 is 3.75. The molecule has 2 heteroatoms. The summed E-state index contributed by atoms with van der Waals surface area (Å²) in [5, 5.41) is 3.52. The third-order valence-corrected chi connectivity index (χ3v) is 5.45. The Morgan fingerprint density at radius 2 is 1.85 bits per heavy atom. The average molecular weight is 330 g/mol. The van der Waals surface area contributed by atoms with Crippen LogP contribution in [0.5, 0.6) is 0 Å². The Labute approximate surface area is 129 Å². The van der Waals surface area contributed by atoms with E-state index in [0.717, 1.165) is 0 Å². The zero-order chi connectivity index (χ0) is 14.1. The highest BCUT2D eigenvalue weighted by Gasteiger charge is 2.44. The van der Waals surface area contributed by atoms with Gasteiger partial charge in [0.2, 0.25) is 0 Å². The van der Waals surface area contributed by atoms with Crippen LogP contribution in [0, 0.1) is 12.8 Å². The Kier molecular flexibility index (Phi) is 3.95. The van der Waals surface area contributed by atoms with Gasteiger partial charge in [-0.1, -0.05) is 64.5 Å². The van der Waals surface area contributed by atoms with Crippen LogP contribution in [0.2, 0.25) is 0 Å². The first-order valence-corrected chi connectivity index (χ1v) is 7.99. The Bertz CT molecular complexity index is 594. The van der Waals surface area contributed by atoms with Crippen molar-refractivity contribution in [2.45, 2.75) is 25.3 Å². The fourth-order valence-corrected chi connectivity index (χ4v) is 3.69. The van der Waals surface area contributed by atoms with Crippen molar-refractivity contribution in [3.05, 3.63) is 69.7 Å². The van der Waals surface area contributed by atoms with Crippen LogP contribution < -0.4 is 5.32 Å². The van der Waals surface area contributed by atoms with E-state index >= 15 is 0 Å². The summed E-state index contributed by atoms with van der Waals surface area (Å²) in [7, 11) is 2.07. The van der Waals surface area contributed by atoms with Crippen LogP contribution in [0.3, 0.4) is 0 Å². The molecule has 104 valence electrons. The molecule has 1 aliphatic rings. The van der Waals surface area contributed by atoms with Gasteiger partial charge in [-0.3, -0.25) is 0 Å². The first kappa shape index (κ1) is 13.8. The van der Waals surface area contributed by atoms with Crippen LogP contribution in [0.1, 0.15) is 35.1 Å². The predicted octanol–water partition coefficient (Wildman–Crippen LogP) is 4.82. The maximum absolute atomic E-state index is 3.75. The van der Waals surface area contributed by atoms with E-state index < -0.39 is 0 Å². The van der Waals surface area contributed by atoms with Gasteiger partial charge in [0, 0.05) is 10.5 Å². The van der Waals surface area contributed by atoms with Crippen LogP contribution in [0.25, 0.3) is 0 Å². The minimum absolute atomic E-state index is 0.425. The molecule has 1 N–H and O–H groups in total. The maximum Gasteiger partial charge on any atom is 0.0363 e. The summed E-state index contributed by atoms with van der Waals surface area (Å²) in [6.45, 7) is 2.15. The molecule has 0 saturated heterocycles. The number of aryl methyl sites for hydroxylation is 1. The van der Waals surface area contributed by atoms with Crippen LogP contribution in [0.15, 0.2) is 53.0 Å². The molecule has 0 radical (unpaired) electrons. The normalized spacial score (nSPS) is 22.6. The molecule has 2 aromatic rings. The van der Waals surface area contributed by atoms with Crippen molar-refractivity contribution in [2.75, 3.05) is 7.05 Å². The van der Waals surface area contributed by atoms with Crippen molar-refractivity contribution in [2.24, 2.45) is 5.92 Å². The molecule has 1 saturated carbocycles. The number of hydrogen-bond donors (Lipinski definition) is 1. The second-order valence-corrected chi connectivity index (χ2v) is 6.45. The zero-order valence-electron chi connectivity index (χ0n) is 11.9. The number of rotatable bonds is 4. The van der Waals surface area contributed by atoms with E-state index in [1.165, 1.54) is 27.6 Å². The molecular formula is C18H20BrN. The molecule has 1 nitrogen and oxygen atoms in total. The highest BCUT2D eigenvalue weighted by molar-refractivity contribution is 9.10. The van der Waals surface area contributed by atoms with Gasteiger partial charge in [-0.2, -0.15) is 0 Å². The summed E-state index contributed by atoms with van der Waals surface area (Å²) in [5.74, 6) is 1.39. The lowest BCUT2D eigenvalue weighted by molar-refractivity contribution is 0.515. The topological polar surface area (TPSA) is 12.0 Å². The van der Waals surface area contributed by atoms with Gasteiger partial charge in [0.1, 0.15) is 0 Å². The van der Waals surface area contributed by atoms with Gasteiger partial charge in [-0.15, -0.1) is 0 Å². The largest absolute Gasteiger partial charge is 0.313 e. The lowest BCUT2D eigenvalue weighted by atomic mass is 9.97. The minimum Gasteiger partial charge on any atom is -0.313 e. The van der Waals surface area contributed by atoms with Gasteiger partial charge in [0.15, 0.2) is 0 Å². The van der Waals surface area contributed by atoms with Gasteiger partial charge in [0.05, 0.1) is 0 Å². The molecule has 0 bridgehead atoms. The van der Waals surface area contributed by atoms with Crippen LogP contribution in [-0.4, -0.2) is 7.05 Å². The molecule has 3 atom stereocenters. The SMILES string of the molecule is CNC(c1cccc(C)c1Br)C1CC1c1ccccc1. The van der Waals surface area contributed by atoms with Crippen LogP contribution in [0.4, 0.5) is 0 Å². The molecule has 1 fully saturated rings. The average Bonchev–Trinajstić information content (AvgIpc) is 3.26. The molecule has 0 amide bonds. The summed E-state index contributed by atoms with van der Waals surface area (Å²) in [5.41, 5.74) is 4.16. The quantitative estimate of drug-likeness (QED) is 0.847. The van der Waals surface area contributed by atoms with E-state index in [9.17, 15) is 0 Å². The minimum atomic E-state index is 0.425. The Hall–Kier alpha value is -1.12. The van der Waals surface area contributed by atoms with Crippen molar-refractivity contribution < 1.29 is 0 Å². The third-order valence-electron chi connectivity index (χ3n) is 4.36. The van der Waals surface area contributed by atoms with Gasteiger partial charge in [-0.25, -0.2) is 0 Å². The predicted molar refractivity (Wildman–Crippen MR) is 88.0 cm³/mol. The molecule has 0 heterocycles. The molecule has 20 heavy (non-hydrogen) atoms. The molecule has 1 aliphatic carbocycles. The number of halogens is 1. The van der Waals surface area contributed by atoms with E-state index in [-0.39, 0.29) is 0 Å². The van der Waals surface area contributed by atoms with Crippen molar-refractivity contribution in [3.63, 3.8) is 0 Å². The van der Waals surface area contributed by atoms with E-state index in [0.29, 0.717) is 17.9 Å². The van der Waals surface area contributed by atoms with Gasteiger partial charge >= 0.3 is 0 Å². The summed E-state index contributed by atoms with van der Waals surface area (Å²) < 4.78 is 1.25. The Morgan fingerprint density at radius 3 is 2.55 bits per heavy atom. The summed E-state index contributed by atoms with van der Waals surface area (Å²) in [6.07, 6.45) is 1.27. The monoisotopic (exact) mass is 329 g/mol. The maximum atomic E-state index is 3.75. The van der Waals surface area contributed by atoms with Gasteiger partial charge < -0.3 is 5.32 Å². The highest BCUT2D eigenvalue weighted by Crippen LogP contribution is 2.54. The lowest BCUT2D eigenvalue weighted by Crippen LogP contribution is -2.19. The number of hydrogen-bond acceptors (Lipinski definition) is 1. The Balaban J connectivity index is 1.84. The Morgan fingerprint density at radius 1 is 1.10 bits per heavy atom. The molecule has 0 aromatic heterocycles. The van der Waals surface area contributed by atoms with Gasteiger partial charge in [0.25, 0.3) is 0 Å². The molecule has 0 aliphatic heterocycles. The van der Waals surface area contributed by atoms with Crippen molar-refractivity contribution >= 4 is 15.9 Å². The lowest BCUT2D eigenvalue weighted by Gasteiger charge is -2.19. The number of nitrogens with one attached hydrogen (secondary N) is 1. The molecule has 3 rings (SSSR count). The second kappa shape index (κ2) is 5.71.